The average molecular weight is 502 g/mol. The highest BCUT2D eigenvalue weighted by molar-refractivity contribution is 8.26. The zero-order valence-electron chi connectivity index (χ0n) is 18.0. The second-order valence-electron chi connectivity index (χ2n) is 7.06. The number of esters is 1. The van der Waals surface area contributed by atoms with E-state index in [9.17, 15) is 23.6 Å². The maximum absolute atomic E-state index is 12.9. The molecule has 0 unspecified atom stereocenters. The van der Waals surface area contributed by atoms with Gasteiger partial charge in [-0.3, -0.25) is 30.1 Å². The SMILES string of the molecule is COC(=O)c1ccc(C=C2SC(=S)N(CCCC(=O)NNC(=O)c3ccc(F)cc3)C2=O)cc1. The number of benzene rings is 2. The molecule has 1 aliphatic rings. The highest BCUT2D eigenvalue weighted by Gasteiger charge is 2.31. The molecule has 0 aliphatic carbocycles. The van der Waals surface area contributed by atoms with Crippen molar-refractivity contribution < 1.29 is 28.3 Å². The number of carbonyl (C=O) groups is 4. The molecule has 0 bridgehead atoms. The van der Waals surface area contributed by atoms with Crippen LogP contribution in [0.15, 0.2) is 53.4 Å². The molecular formula is C23H20FN3O5S2. The van der Waals surface area contributed by atoms with Crippen molar-refractivity contribution in [3.63, 3.8) is 0 Å². The fraction of sp³-hybridized carbons (Fsp3) is 0.174. The Kier molecular flexibility index (Phi) is 8.50. The molecule has 3 amide bonds. The number of amides is 3. The van der Waals surface area contributed by atoms with E-state index in [2.05, 4.69) is 15.6 Å². The van der Waals surface area contributed by atoms with E-state index in [1.165, 1.54) is 24.1 Å². The van der Waals surface area contributed by atoms with Crippen molar-refractivity contribution in [2.45, 2.75) is 12.8 Å². The summed E-state index contributed by atoms with van der Waals surface area (Å²) in [6.07, 6.45) is 2.05. The van der Waals surface area contributed by atoms with E-state index >= 15 is 0 Å². The van der Waals surface area contributed by atoms with Crippen molar-refractivity contribution in [1.29, 1.82) is 0 Å². The molecule has 0 radical (unpaired) electrons. The Morgan fingerprint density at radius 2 is 1.71 bits per heavy atom. The van der Waals surface area contributed by atoms with Gasteiger partial charge in [-0.25, -0.2) is 9.18 Å². The first kappa shape index (κ1) is 25.1. The quantitative estimate of drug-likeness (QED) is 0.260. The van der Waals surface area contributed by atoms with Gasteiger partial charge >= 0.3 is 5.97 Å². The lowest BCUT2D eigenvalue weighted by Gasteiger charge is -2.14. The molecule has 0 atom stereocenters. The fourth-order valence-electron chi connectivity index (χ4n) is 2.94. The van der Waals surface area contributed by atoms with E-state index in [0.29, 0.717) is 21.2 Å². The van der Waals surface area contributed by atoms with Crippen molar-refractivity contribution in [2.75, 3.05) is 13.7 Å². The number of hydrogen-bond acceptors (Lipinski definition) is 7. The van der Waals surface area contributed by atoms with Crippen LogP contribution in [0.1, 0.15) is 39.1 Å². The molecule has 34 heavy (non-hydrogen) atoms. The topological polar surface area (TPSA) is 105 Å². The predicted molar refractivity (Wildman–Crippen MR) is 129 cm³/mol. The summed E-state index contributed by atoms with van der Waals surface area (Å²) in [5, 5.41) is 0. The molecule has 0 saturated carbocycles. The van der Waals surface area contributed by atoms with Crippen LogP contribution in [0, 0.1) is 5.82 Å². The van der Waals surface area contributed by atoms with Crippen molar-refractivity contribution in [3.05, 3.63) is 75.9 Å². The Balaban J connectivity index is 1.47. The van der Waals surface area contributed by atoms with E-state index in [0.717, 1.165) is 29.5 Å². The lowest BCUT2D eigenvalue weighted by molar-refractivity contribution is -0.124. The number of ether oxygens (including phenoxy) is 1. The molecule has 2 aromatic carbocycles. The Labute approximate surface area is 204 Å². The zero-order valence-corrected chi connectivity index (χ0v) is 19.6. The van der Waals surface area contributed by atoms with Gasteiger partial charge in [-0.05, 0) is 54.5 Å². The van der Waals surface area contributed by atoms with Crippen molar-refractivity contribution >= 4 is 58.1 Å². The van der Waals surface area contributed by atoms with Crippen LogP contribution in [0.4, 0.5) is 4.39 Å². The lowest BCUT2D eigenvalue weighted by atomic mass is 10.1. The van der Waals surface area contributed by atoms with Gasteiger partial charge < -0.3 is 4.74 Å². The molecule has 1 heterocycles. The number of rotatable bonds is 7. The van der Waals surface area contributed by atoms with Crippen LogP contribution < -0.4 is 10.9 Å². The Morgan fingerprint density at radius 3 is 2.35 bits per heavy atom. The Morgan fingerprint density at radius 1 is 1.06 bits per heavy atom. The molecule has 176 valence electrons. The van der Waals surface area contributed by atoms with Crippen LogP contribution in [-0.2, 0) is 14.3 Å². The molecular weight excluding hydrogens is 481 g/mol. The number of nitrogens with one attached hydrogen (secondary N) is 2. The maximum Gasteiger partial charge on any atom is 0.337 e. The standard InChI is InChI=1S/C23H20FN3O5S2/c1-32-22(31)16-6-4-14(5-7-16)13-18-21(30)27(23(33)34-18)12-2-3-19(28)25-26-20(29)15-8-10-17(24)11-9-15/h4-11,13H,2-3,12H2,1H3,(H,25,28)(H,26,29). The highest BCUT2D eigenvalue weighted by atomic mass is 32.2. The largest absolute Gasteiger partial charge is 0.465 e. The second kappa shape index (κ2) is 11.5. The highest BCUT2D eigenvalue weighted by Crippen LogP contribution is 2.32. The van der Waals surface area contributed by atoms with Crippen molar-refractivity contribution in [2.24, 2.45) is 0 Å². The normalized spacial score (nSPS) is 14.3. The number of hydrogen-bond donors (Lipinski definition) is 2. The van der Waals surface area contributed by atoms with Crippen LogP contribution in [0.25, 0.3) is 6.08 Å². The van der Waals surface area contributed by atoms with Gasteiger partial charge in [-0.2, -0.15) is 0 Å². The third-order valence-corrected chi connectivity index (χ3v) is 6.09. The summed E-state index contributed by atoms with van der Waals surface area (Å²) in [6, 6.07) is 11.5. The van der Waals surface area contributed by atoms with Gasteiger partial charge in [0, 0.05) is 18.5 Å². The third kappa shape index (κ3) is 6.49. The smallest absolute Gasteiger partial charge is 0.337 e. The second-order valence-corrected chi connectivity index (χ2v) is 8.74. The summed E-state index contributed by atoms with van der Waals surface area (Å²) in [4.78, 5) is 50.0. The van der Waals surface area contributed by atoms with Gasteiger partial charge in [0.2, 0.25) is 5.91 Å². The molecule has 11 heteroatoms. The first-order valence-corrected chi connectivity index (χ1v) is 11.3. The van der Waals surface area contributed by atoms with Crippen molar-refractivity contribution in [1.82, 2.24) is 15.8 Å². The summed E-state index contributed by atoms with van der Waals surface area (Å²) >= 11 is 6.45. The fourth-order valence-corrected chi connectivity index (χ4v) is 4.25. The van der Waals surface area contributed by atoms with E-state index in [1.807, 2.05) is 0 Å². The Bertz CT molecular complexity index is 1150. The van der Waals surface area contributed by atoms with Crippen LogP contribution in [0.2, 0.25) is 0 Å². The predicted octanol–water partition coefficient (Wildman–Crippen LogP) is 3.05. The number of halogens is 1. The summed E-state index contributed by atoms with van der Waals surface area (Å²) < 4.78 is 18.0. The van der Waals surface area contributed by atoms with E-state index in [4.69, 9.17) is 12.2 Å². The molecule has 2 N–H and O–H groups in total. The van der Waals surface area contributed by atoms with Gasteiger partial charge in [0.15, 0.2) is 0 Å². The molecule has 2 aromatic rings. The summed E-state index contributed by atoms with van der Waals surface area (Å²) in [7, 11) is 1.30. The van der Waals surface area contributed by atoms with Gasteiger partial charge in [0.05, 0.1) is 17.6 Å². The summed E-state index contributed by atoms with van der Waals surface area (Å²) in [5.41, 5.74) is 5.87. The summed E-state index contributed by atoms with van der Waals surface area (Å²) in [6.45, 7) is 0.239. The number of hydrazine groups is 1. The first-order valence-electron chi connectivity index (χ1n) is 10.1. The molecule has 1 aliphatic heterocycles. The minimum Gasteiger partial charge on any atom is -0.465 e. The maximum atomic E-state index is 12.9. The first-order chi connectivity index (χ1) is 16.3. The molecule has 1 fully saturated rings. The summed E-state index contributed by atoms with van der Waals surface area (Å²) in [5.74, 6) is -2.20. The number of thioether (sulfide) groups is 1. The molecule has 1 saturated heterocycles. The number of methoxy groups -OCH3 is 1. The minimum absolute atomic E-state index is 0.0504. The van der Waals surface area contributed by atoms with Crippen LogP contribution in [-0.4, -0.2) is 46.6 Å². The molecule has 3 rings (SSSR count). The van der Waals surface area contributed by atoms with Gasteiger partial charge in [-0.1, -0.05) is 36.1 Å². The van der Waals surface area contributed by atoms with Crippen LogP contribution in [0.3, 0.4) is 0 Å². The molecule has 0 spiro atoms. The van der Waals surface area contributed by atoms with Gasteiger partial charge in [-0.15, -0.1) is 0 Å². The lowest BCUT2D eigenvalue weighted by Crippen LogP contribution is -2.41. The Hall–Kier alpha value is -3.57. The van der Waals surface area contributed by atoms with Crippen LogP contribution in [0.5, 0.6) is 0 Å². The van der Waals surface area contributed by atoms with Gasteiger partial charge in [0.1, 0.15) is 10.1 Å². The molecule has 8 nitrogen and oxygen atoms in total. The van der Waals surface area contributed by atoms with E-state index in [1.54, 1.807) is 30.3 Å². The number of nitrogens with zero attached hydrogens (tertiary/aromatic N) is 1. The van der Waals surface area contributed by atoms with Crippen molar-refractivity contribution in [3.8, 4) is 0 Å². The number of thiocarbonyl (C=S) groups is 1. The minimum atomic E-state index is -0.574. The monoisotopic (exact) mass is 501 g/mol. The average Bonchev–Trinajstić information content (AvgIpc) is 3.10. The zero-order chi connectivity index (χ0) is 24.7. The number of carbonyl (C=O) groups excluding carboxylic acids is 4. The molecule has 0 aromatic heterocycles. The third-order valence-electron chi connectivity index (χ3n) is 4.71. The van der Waals surface area contributed by atoms with Gasteiger partial charge in [0.25, 0.3) is 11.8 Å². The van der Waals surface area contributed by atoms with E-state index in [-0.39, 0.29) is 24.4 Å². The van der Waals surface area contributed by atoms with Crippen LogP contribution >= 0.6 is 24.0 Å². The van der Waals surface area contributed by atoms with E-state index < -0.39 is 23.6 Å².